The van der Waals surface area contributed by atoms with Gasteiger partial charge in [-0.1, -0.05) is 0 Å². The standard InChI is InChI=1S/2Fe.Mg.O4Si/c;;;1-5(2,3)4/q;2*+2;-4. The van der Waals surface area contributed by atoms with Crippen molar-refractivity contribution < 1.29 is 53.3 Å². The van der Waals surface area contributed by atoms with Gasteiger partial charge in [-0.25, -0.2) is 0 Å². The maximum Gasteiger partial charge on any atom is 2.00 e. The zero-order valence-electron chi connectivity index (χ0n) is 3.55. The molecule has 8 heteroatoms. The van der Waals surface area contributed by atoms with Gasteiger partial charge in [0, 0.05) is 17.1 Å². The molecule has 0 N–H and O–H groups in total. The van der Waals surface area contributed by atoms with Gasteiger partial charge in [-0.05, 0) is 0 Å². The molecule has 0 aliphatic rings. The van der Waals surface area contributed by atoms with E-state index in [1.807, 2.05) is 0 Å². The molecular weight excluding hydrogens is 228 g/mol. The van der Waals surface area contributed by atoms with Gasteiger partial charge < -0.3 is 28.2 Å². The third kappa shape index (κ3) is 107. The first-order valence-electron chi connectivity index (χ1n) is 0.816. The second kappa shape index (κ2) is 8.86. The molecule has 0 rings (SSSR count). The summed E-state index contributed by atoms with van der Waals surface area (Å²) < 4.78 is 0. The number of hydrogen-bond donors (Lipinski definition) is 0. The first-order valence-corrected chi connectivity index (χ1v) is 2.45. The Morgan fingerprint density at radius 3 is 0.875 bits per heavy atom. The molecule has 0 bridgehead atoms. The Kier molecular flexibility index (Phi) is 25.0. The monoisotopic (exact) mass is 228 g/mol. The van der Waals surface area contributed by atoms with E-state index in [1.54, 1.807) is 0 Å². The van der Waals surface area contributed by atoms with E-state index in [0.717, 1.165) is 0 Å². The van der Waals surface area contributed by atoms with Crippen LogP contribution in [0, 0.1) is 0 Å². The average Bonchev–Trinajstić information content (AvgIpc) is 0.722. The molecule has 0 aliphatic heterocycles. The van der Waals surface area contributed by atoms with E-state index in [9.17, 15) is 0 Å². The molecule has 0 atom stereocenters. The molecule has 46 valence electrons. The summed E-state index contributed by atoms with van der Waals surface area (Å²) in [5.41, 5.74) is 0. The van der Waals surface area contributed by atoms with Gasteiger partial charge in [-0.3, -0.25) is 0 Å². The Hall–Kier alpha value is 1.86. The van der Waals surface area contributed by atoms with Crippen molar-refractivity contribution in [1.82, 2.24) is 0 Å². The van der Waals surface area contributed by atoms with Crippen LogP contribution in [0.5, 0.6) is 0 Å². The normalized spacial score (nSPS) is 7.50. The van der Waals surface area contributed by atoms with Crippen molar-refractivity contribution in [2.45, 2.75) is 0 Å². The molecule has 8 heavy (non-hydrogen) atoms. The van der Waals surface area contributed by atoms with Gasteiger partial charge in [0.25, 0.3) is 0 Å². The van der Waals surface area contributed by atoms with Crippen molar-refractivity contribution in [1.29, 1.82) is 0 Å². The van der Waals surface area contributed by atoms with Gasteiger partial charge in [0.2, 0.25) is 0 Å². The quantitative estimate of drug-likeness (QED) is 0.386. The second-order valence-electron chi connectivity index (χ2n) is 0.500. The molecule has 0 saturated heterocycles. The minimum atomic E-state index is -5.61. The van der Waals surface area contributed by atoms with Crippen molar-refractivity contribution >= 4 is 32.1 Å². The van der Waals surface area contributed by atoms with Gasteiger partial charge in [-0.2, -0.15) is 0 Å². The van der Waals surface area contributed by atoms with E-state index in [2.05, 4.69) is 0 Å². The molecule has 0 amide bonds. The summed E-state index contributed by atoms with van der Waals surface area (Å²) >= 11 is 0. The SMILES string of the molecule is [Fe+2].[Fe].[Mg+2].[O-][Si]([O-])([O-])[O-]. The fraction of sp³-hybridized carbons (Fsp3) is 0. The molecule has 0 radical (unpaired) electrons. The van der Waals surface area contributed by atoms with E-state index >= 15 is 0 Å². The molecule has 0 unspecified atom stereocenters. The van der Waals surface area contributed by atoms with Gasteiger partial charge in [0.05, 0.1) is 0 Å². The van der Waals surface area contributed by atoms with Crippen LogP contribution in [0.4, 0.5) is 0 Å². The Bertz CT molecular complexity index is 29.5. The van der Waals surface area contributed by atoms with Crippen LogP contribution in [-0.2, 0) is 34.1 Å². The molecule has 0 spiro atoms. The smallest absolute Gasteiger partial charge is 0.894 e. The van der Waals surface area contributed by atoms with Crippen molar-refractivity contribution in [2.24, 2.45) is 0 Å². The maximum absolute atomic E-state index is 8.58. The Morgan fingerprint density at radius 1 is 0.875 bits per heavy atom. The minimum absolute atomic E-state index is 0. The first-order chi connectivity index (χ1) is 2.00. The Labute approximate surface area is 84.9 Å². The largest absolute Gasteiger partial charge is 2.00 e. The molecule has 4 nitrogen and oxygen atoms in total. The average molecular weight is 228 g/mol. The van der Waals surface area contributed by atoms with Gasteiger partial charge in [0.15, 0.2) is 0 Å². The molecule has 0 aromatic heterocycles. The summed E-state index contributed by atoms with van der Waals surface area (Å²) in [6, 6.07) is 0. The van der Waals surface area contributed by atoms with Crippen LogP contribution >= 0.6 is 0 Å². The number of hydrogen-bond acceptors (Lipinski definition) is 4. The zero-order chi connectivity index (χ0) is 4.50. The van der Waals surface area contributed by atoms with Crippen molar-refractivity contribution in [3.05, 3.63) is 0 Å². The van der Waals surface area contributed by atoms with Crippen LogP contribution in [0.25, 0.3) is 0 Å². The summed E-state index contributed by atoms with van der Waals surface area (Å²) in [5.74, 6) is 0. The fourth-order valence-corrected chi connectivity index (χ4v) is 0. The van der Waals surface area contributed by atoms with Gasteiger partial charge in [0.1, 0.15) is 0 Å². The predicted octanol–water partition coefficient (Wildman–Crippen LogP) is -5.52. The van der Waals surface area contributed by atoms with E-state index in [1.165, 1.54) is 0 Å². The van der Waals surface area contributed by atoms with Crippen molar-refractivity contribution in [3.63, 3.8) is 0 Å². The predicted molar refractivity (Wildman–Crippen MR) is 11.5 cm³/mol. The summed E-state index contributed by atoms with van der Waals surface area (Å²) in [6.07, 6.45) is 0. The van der Waals surface area contributed by atoms with Gasteiger partial charge >= 0.3 is 40.1 Å². The summed E-state index contributed by atoms with van der Waals surface area (Å²) in [6.45, 7) is 0. The molecule has 0 aromatic carbocycles. The fourth-order valence-electron chi connectivity index (χ4n) is 0. The van der Waals surface area contributed by atoms with E-state index in [4.69, 9.17) is 19.2 Å². The summed E-state index contributed by atoms with van der Waals surface area (Å²) in [7, 11) is -5.61. The molecule has 0 aromatic rings. The molecule has 0 heterocycles. The van der Waals surface area contributed by atoms with Crippen LogP contribution in [0.1, 0.15) is 0 Å². The Morgan fingerprint density at radius 2 is 0.875 bits per heavy atom. The van der Waals surface area contributed by atoms with E-state index in [0.29, 0.717) is 0 Å². The van der Waals surface area contributed by atoms with Crippen LogP contribution in [-0.4, -0.2) is 32.1 Å². The first kappa shape index (κ1) is 22.5. The van der Waals surface area contributed by atoms with Crippen LogP contribution < -0.4 is 19.2 Å². The molecule has 0 aliphatic carbocycles. The van der Waals surface area contributed by atoms with Crippen LogP contribution in [0.15, 0.2) is 0 Å². The molecule has 0 fully saturated rings. The third-order valence-corrected chi connectivity index (χ3v) is 0. The molecule has 0 saturated carbocycles. The van der Waals surface area contributed by atoms with E-state index < -0.39 is 9.05 Å². The maximum atomic E-state index is 8.58. The van der Waals surface area contributed by atoms with Crippen LogP contribution in [0.2, 0.25) is 0 Å². The minimum Gasteiger partial charge on any atom is -0.894 e. The molecular formula is Fe2MgO4Si. The van der Waals surface area contributed by atoms with E-state index in [-0.39, 0.29) is 57.2 Å². The zero-order valence-corrected chi connectivity index (χ0v) is 8.17. The van der Waals surface area contributed by atoms with Crippen molar-refractivity contribution in [2.75, 3.05) is 0 Å². The topological polar surface area (TPSA) is 92.2 Å². The number of rotatable bonds is 0. The third-order valence-electron chi connectivity index (χ3n) is 0. The second-order valence-corrected chi connectivity index (χ2v) is 1.50. The summed E-state index contributed by atoms with van der Waals surface area (Å²) in [5, 5.41) is 0. The van der Waals surface area contributed by atoms with Crippen molar-refractivity contribution in [3.8, 4) is 0 Å². The summed E-state index contributed by atoms with van der Waals surface area (Å²) in [4.78, 5) is 34.3. The van der Waals surface area contributed by atoms with Gasteiger partial charge in [-0.15, -0.1) is 0 Å². The Balaban J connectivity index is -0.0000000267. The van der Waals surface area contributed by atoms with Crippen LogP contribution in [0.3, 0.4) is 0 Å².